The second kappa shape index (κ2) is 27.7. The van der Waals surface area contributed by atoms with Crippen molar-refractivity contribution in [3.63, 3.8) is 0 Å². The molecule has 18 heteroatoms. The summed E-state index contributed by atoms with van der Waals surface area (Å²) in [7, 11) is 0. The molecule has 2 rings (SSSR count). The first kappa shape index (κ1) is 49.2. The number of alkyl carbamates (subject to hydrolysis) is 3. The average Bonchev–Trinajstić information content (AvgIpc) is 4.08. The zero-order valence-corrected chi connectivity index (χ0v) is 35.0. The van der Waals surface area contributed by atoms with E-state index in [2.05, 4.69) is 21.3 Å². The quantitative estimate of drug-likeness (QED) is 0.0318. The number of ether oxygens (including phenoxy) is 6. The lowest BCUT2D eigenvalue weighted by atomic mass is 10.1. The van der Waals surface area contributed by atoms with E-state index in [1.54, 1.807) is 0 Å². The summed E-state index contributed by atoms with van der Waals surface area (Å²) in [5.41, 5.74) is -0.937. The summed E-state index contributed by atoms with van der Waals surface area (Å²) in [6, 6.07) is -1.25. The minimum Gasteiger partial charge on any atom is -0.447 e. The number of rotatable bonds is 30. The van der Waals surface area contributed by atoms with E-state index in [9.17, 15) is 28.8 Å². The Morgan fingerprint density at radius 3 is 1.53 bits per heavy atom. The summed E-state index contributed by atoms with van der Waals surface area (Å²) < 4.78 is 31.4. The molecule has 0 bridgehead atoms. The predicted molar refractivity (Wildman–Crippen MR) is 211 cm³/mol. The molecule has 0 saturated carbocycles. The Hall–Kier alpha value is -3.90. The summed E-state index contributed by atoms with van der Waals surface area (Å²) >= 11 is 0. The third-order valence-corrected chi connectivity index (χ3v) is 8.88. The Morgan fingerprint density at radius 1 is 0.632 bits per heavy atom. The number of epoxide rings is 2. The second-order valence-corrected chi connectivity index (χ2v) is 16.0. The number of unbranched alkanes of at least 4 members (excludes halogenated alkanes) is 9. The van der Waals surface area contributed by atoms with Gasteiger partial charge in [0.2, 0.25) is 6.41 Å². The van der Waals surface area contributed by atoms with E-state index < -0.39 is 35.9 Å². The molecule has 328 valence electrons. The van der Waals surface area contributed by atoms with Crippen molar-refractivity contribution in [2.45, 2.75) is 141 Å². The highest BCUT2D eigenvalue weighted by Crippen LogP contribution is 2.17. The van der Waals surface area contributed by atoms with Gasteiger partial charge in [-0.15, -0.1) is 0 Å². The second-order valence-electron chi connectivity index (χ2n) is 16.0. The molecule has 2 fully saturated rings. The molecule has 2 heterocycles. The summed E-state index contributed by atoms with van der Waals surface area (Å²) in [6.07, 6.45) is 8.03. The third kappa shape index (κ3) is 26.6. The van der Waals surface area contributed by atoms with Gasteiger partial charge in [0.1, 0.15) is 31.0 Å². The first-order valence-corrected chi connectivity index (χ1v) is 20.7. The molecule has 2 saturated heterocycles. The number of nitrogens with one attached hydrogen (secondary N) is 4. The molecular formula is C39H70N6O12. The van der Waals surface area contributed by atoms with Crippen LogP contribution in [0.5, 0.6) is 0 Å². The molecule has 8 amide bonds. The van der Waals surface area contributed by atoms with Gasteiger partial charge in [-0.2, -0.15) is 0 Å². The summed E-state index contributed by atoms with van der Waals surface area (Å²) in [5.74, 6) is 0. The van der Waals surface area contributed by atoms with Crippen molar-refractivity contribution in [1.82, 2.24) is 31.1 Å². The van der Waals surface area contributed by atoms with E-state index >= 15 is 0 Å². The highest BCUT2D eigenvalue weighted by Gasteiger charge is 2.27. The number of imide groups is 2. The highest BCUT2D eigenvalue weighted by atomic mass is 16.6. The maximum absolute atomic E-state index is 13.5. The molecule has 2 aliphatic rings. The van der Waals surface area contributed by atoms with Crippen molar-refractivity contribution in [3.05, 3.63) is 0 Å². The van der Waals surface area contributed by atoms with Gasteiger partial charge < -0.3 is 49.7 Å². The van der Waals surface area contributed by atoms with Crippen LogP contribution in [0, 0.1) is 0 Å². The van der Waals surface area contributed by atoms with Crippen molar-refractivity contribution >= 4 is 36.8 Å². The third-order valence-electron chi connectivity index (χ3n) is 8.88. The topological polar surface area (TPSA) is 219 Å². The van der Waals surface area contributed by atoms with Gasteiger partial charge in [0, 0.05) is 45.7 Å². The maximum Gasteiger partial charge on any atom is 0.407 e. The average molecular weight is 815 g/mol. The number of carbonyl (C=O) groups is 6. The molecule has 0 aromatic heterocycles. The van der Waals surface area contributed by atoms with Crippen LogP contribution in [0.25, 0.3) is 0 Å². The Labute approximate surface area is 338 Å². The monoisotopic (exact) mass is 815 g/mol. The van der Waals surface area contributed by atoms with Gasteiger partial charge in [0.05, 0.1) is 25.4 Å². The van der Waals surface area contributed by atoms with Gasteiger partial charge in [-0.25, -0.2) is 28.9 Å². The van der Waals surface area contributed by atoms with E-state index in [1.165, 1.54) is 0 Å². The standard InChI is InChI=1S/C39H70N6O12/c1-38(2,3)56-25-18-39(4,5)57-36(50)43-22-15-8-10-16-23-44(30-46)37(51)45(24-17-11-9-14-21-42-35(49)55-29-32-27-53-32)33(47)40-19-12-6-7-13-20-41-34(48)54-28-31-26-52-31/h30-32H,6-29H2,1-5H3,(H,40,47)(H,41,48)(H,42,49)(H,43,50). The van der Waals surface area contributed by atoms with Gasteiger partial charge in [0.25, 0.3) is 0 Å². The minimum absolute atomic E-state index is 0.00235. The van der Waals surface area contributed by atoms with Crippen LogP contribution >= 0.6 is 0 Å². The fraction of sp³-hybridized carbons (Fsp3) is 0.846. The molecule has 0 radical (unpaired) electrons. The minimum atomic E-state index is -0.683. The zero-order valence-electron chi connectivity index (χ0n) is 35.0. The van der Waals surface area contributed by atoms with Gasteiger partial charge in [-0.3, -0.25) is 9.69 Å². The Morgan fingerprint density at radius 2 is 1.07 bits per heavy atom. The lowest BCUT2D eigenvalue weighted by Gasteiger charge is -2.27. The fourth-order valence-electron chi connectivity index (χ4n) is 5.32. The molecule has 0 aromatic carbocycles. The Bertz CT molecular complexity index is 1210. The summed E-state index contributed by atoms with van der Waals surface area (Å²) in [5, 5.41) is 11.0. The molecular weight excluding hydrogens is 744 g/mol. The number of urea groups is 2. The van der Waals surface area contributed by atoms with Crippen molar-refractivity contribution in [2.24, 2.45) is 0 Å². The maximum atomic E-state index is 13.5. The van der Waals surface area contributed by atoms with Crippen LogP contribution in [0.15, 0.2) is 0 Å². The Balaban J connectivity index is 1.70. The molecule has 4 N–H and O–H groups in total. The van der Waals surface area contributed by atoms with Gasteiger partial charge >= 0.3 is 30.3 Å². The highest BCUT2D eigenvalue weighted by molar-refractivity contribution is 5.97. The molecule has 0 spiro atoms. The first-order chi connectivity index (χ1) is 27.2. The normalized spacial score (nSPS) is 15.8. The molecule has 18 nitrogen and oxygen atoms in total. The fourth-order valence-corrected chi connectivity index (χ4v) is 5.32. The van der Waals surface area contributed by atoms with E-state index in [0.717, 1.165) is 41.9 Å². The number of nitrogens with zero attached hydrogens (tertiary/aromatic N) is 2. The van der Waals surface area contributed by atoms with Crippen molar-refractivity contribution in [1.29, 1.82) is 0 Å². The van der Waals surface area contributed by atoms with Crippen LogP contribution in [-0.2, 0) is 33.2 Å². The molecule has 0 aliphatic carbocycles. The SMILES string of the molecule is CC(C)(C)OCCC(C)(C)OC(=O)NCCCCCCN(C=O)C(=O)N(CCCCCCNC(=O)OCC1CO1)C(=O)NCCCCCCNC(=O)OCC1CO1. The molecule has 2 unspecified atom stereocenters. The van der Waals surface area contributed by atoms with E-state index in [1.807, 2.05) is 34.6 Å². The van der Waals surface area contributed by atoms with Crippen molar-refractivity contribution < 1.29 is 57.2 Å². The molecule has 57 heavy (non-hydrogen) atoms. The number of carbonyl (C=O) groups excluding carboxylic acids is 6. The largest absolute Gasteiger partial charge is 0.447 e. The van der Waals surface area contributed by atoms with Crippen molar-refractivity contribution in [3.8, 4) is 0 Å². The smallest absolute Gasteiger partial charge is 0.407 e. The van der Waals surface area contributed by atoms with Crippen LogP contribution in [-0.4, -0.2) is 142 Å². The lowest BCUT2D eigenvalue weighted by molar-refractivity contribution is -0.116. The number of hydrogen-bond donors (Lipinski definition) is 4. The number of amides is 8. The van der Waals surface area contributed by atoms with Crippen molar-refractivity contribution in [2.75, 3.05) is 72.3 Å². The van der Waals surface area contributed by atoms with Gasteiger partial charge in [-0.05, 0) is 73.1 Å². The van der Waals surface area contributed by atoms with E-state index in [0.29, 0.717) is 104 Å². The predicted octanol–water partition coefficient (Wildman–Crippen LogP) is 5.22. The Kier molecular flexibility index (Phi) is 23.9. The van der Waals surface area contributed by atoms with Crippen LogP contribution < -0.4 is 21.3 Å². The zero-order chi connectivity index (χ0) is 41.9. The summed E-state index contributed by atoms with van der Waals surface area (Å²) in [4.78, 5) is 76.5. The molecule has 2 atom stereocenters. The summed E-state index contributed by atoms with van der Waals surface area (Å²) in [6.45, 7) is 13.8. The van der Waals surface area contributed by atoms with Crippen LogP contribution in [0.3, 0.4) is 0 Å². The van der Waals surface area contributed by atoms with Gasteiger partial charge in [0.15, 0.2) is 0 Å². The number of hydrogen-bond acceptors (Lipinski definition) is 12. The lowest BCUT2D eigenvalue weighted by Crippen LogP contribution is -2.50. The van der Waals surface area contributed by atoms with E-state index in [4.69, 9.17) is 28.4 Å². The van der Waals surface area contributed by atoms with Crippen LogP contribution in [0.4, 0.5) is 24.0 Å². The van der Waals surface area contributed by atoms with Gasteiger partial charge in [-0.1, -0.05) is 38.5 Å². The molecule has 0 aromatic rings. The van der Waals surface area contributed by atoms with Crippen LogP contribution in [0.1, 0.15) is 118 Å². The van der Waals surface area contributed by atoms with Crippen LogP contribution in [0.2, 0.25) is 0 Å². The van der Waals surface area contributed by atoms with E-state index in [-0.39, 0.29) is 44.1 Å². The first-order valence-electron chi connectivity index (χ1n) is 20.7. The molecule has 2 aliphatic heterocycles.